The van der Waals surface area contributed by atoms with Crippen LogP contribution in [-0.2, 0) is 4.79 Å². The number of rotatable bonds is 1. The van der Waals surface area contributed by atoms with Crippen molar-refractivity contribution in [3.63, 3.8) is 0 Å². The fraction of sp³-hybridized carbons (Fsp3) is 0.857. The van der Waals surface area contributed by atoms with Gasteiger partial charge in [-0.25, -0.2) is 0 Å². The van der Waals surface area contributed by atoms with Crippen LogP contribution < -0.4 is 0 Å². The Hall–Kier alpha value is -0.670. The fourth-order valence-electron chi connectivity index (χ4n) is 7.24. The normalized spacial score (nSPS) is 53.6. The average Bonchev–Trinajstić information content (AvgIpc) is 2.81. The molecule has 134 valence electrons. The maximum Gasteiger partial charge on any atom is 0.161 e. The molecule has 3 saturated carbocycles. The van der Waals surface area contributed by atoms with Crippen LogP contribution in [0.3, 0.4) is 0 Å². The van der Waals surface area contributed by atoms with Gasteiger partial charge in [0.05, 0.1) is 6.10 Å². The predicted molar refractivity (Wildman–Crippen MR) is 93.3 cm³/mol. The average molecular weight is 332 g/mol. The van der Waals surface area contributed by atoms with Crippen LogP contribution in [0.25, 0.3) is 0 Å². The van der Waals surface area contributed by atoms with Crippen LogP contribution in [-0.4, -0.2) is 27.7 Å². The highest BCUT2D eigenvalue weighted by molar-refractivity contribution is 5.86. The molecular weight excluding hydrogens is 300 g/mol. The largest absolute Gasteiger partial charge is 0.393 e. The van der Waals surface area contributed by atoms with Crippen LogP contribution in [0.2, 0.25) is 0 Å². The first kappa shape index (κ1) is 16.8. The molecule has 0 aliphatic heterocycles. The minimum Gasteiger partial charge on any atom is -0.393 e. The quantitative estimate of drug-likeness (QED) is 0.721. The molecule has 0 heterocycles. The monoisotopic (exact) mass is 332 g/mol. The number of allylic oxidation sites excluding steroid dienone is 1. The number of hydrogen-bond acceptors (Lipinski definition) is 3. The van der Waals surface area contributed by atoms with Crippen molar-refractivity contribution >= 4 is 5.78 Å². The SMILES string of the molecule is CC(=O)[C@@]1(O)CC[C@H]2[C@@H]3CC=C4C[C@@H](O)CC[C@]4(C)[C@H]3CC[C@@]21C. The Kier molecular flexibility index (Phi) is 3.61. The summed E-state index contributed by atoms with van der Waals surface area (Å²) in [6, 6.07) is 0. The minimum atomic E-state index is -1.11. The molecule has 7 atom stereocenters. The molecule has 2 N–H and O–H groups in total. The van der Waals surface area contributed by atoms with Crippen molar-refractivity contribution in [1.29, 1.82) is 0 Å². The number of hydrogen-bond donors (Lipinski definition) is 2. The summed E-state index contributed by atoms with van der Waals surface area (Å²) in [6.07, 6.45) is 9.84. The lowest BCUT2D eigenvalue weighted by Gasteiger charge is -2.58. The Bertz CT molecular complexity index is 596. The number of Topliss-reactive ketones (excluding diaryl/α,β-unsaturated/α-hetero) is 1. The summed E-state index contributed by atoms with van der Waals surface area (Å²) in [5.41, 5.74) is 0.331. The van der Waals surface area contributed by atoms with Crippen molar-refractivity contribution < 1.29 is 15.0 Å². The molecule has 0 bridgehead atoms. The molecule has 3 nitrogen and oxygen atoms in total. The van der Waals surface area contributed by atoms with Gasteiger partial charge in [-0.1, -0.05) is 25.5 Å². The van der Waals surface area contributed by atoms with Crippen LogP contribution in [0.15, 0.2) is 11.6 Å². The fourth-order valence-corrected chi connectivity index (χ4v) is 7.24. The van der Waals surface area contributed by atoms with Crippen LogP contribution in [0.1, 0.15) is 72.1 Å². The van der Waals surface area contributed by atoms with Crippen LogP contribution in [0.4, 0.5) is 0 Å². The molecule has 4 aliphatic carbocycles. The maximum absolute atomic E-state index is 12.2. The summed E-state index contributed by atoms with van der Waals surface area (Å²) in [5.74, 6) is 1.65. The summed E-state index contributed by atoms with van der Waals surface area (Å²) >= 11 is 0. The molecule has 0 unspecified atom stereocenters. The van der Waals surface area contributed by atoms with Gasteiger partial charge < -0.3 is 10.2 Å². The van der Waals surface area contributed by atoms with E-state index in [0.29, 0.717) is 24.2 Å². The molecule has 0 spiro atoms. The summed E-state index contributed by atoms with van der Waals surface area (Å²) in [5, 5.41) is 21.2. The first-order valence-electron chi connectivity index (χ1n) is 9.83. The highest BCUT2D eigenvalue weighted by atomic mass is 16.3. The van der Waals surface area contributed by atoms with Crippen molar-refractivity contribution in [2.45, 2.75) is 83.8 Å². The zero-order valence-corrected chi connectivity index (χ0v) is 15.3. The van der Waals surface area contributed by atoms with E-state index >= 15 is 0 Å². The Morgan fingerprint density at radius 3 is 2.54 bits per heavy atom. The Balaban J connectivity index is 1.69. The predicted octanol–water partition coefficient (Wildman–Crippen LogP) is 3.63. The summed E-state index contributed by atoms with van der Waals surface area (Å²) in [6.45, 7) is 6.16. The van der Waals surface area contributed by atoms with Gasteiger partial charge in [-0.2, -0.15) is 0 Å². The second-order valence-electron chi connectivity index (χ2n) is 9.57. The van der Waals surface area contributed by atoms with Gasteiger partial charge >= 0.3 is 0 Å². The molecule has 0 aromatic heterocycles. The van der Waals surface area contributed by atoms with E-state index in [9.17, 15) is 15.0 Å². The molecule has 24 heavy (non-hydrogen) atoms. The zero-order valence-electron chi connectivity index (χ0n) is 15.3. The van der Waals surface area contributed by atoms with Gasteiger partial charge in [-0.05, 0) is 81.5 Å². The number of carbonyl (C=O) groups is 1. The van der Waals surface area contributed by atoms with Gasteiger partial charge in [0.1, 0.15) is 5.60 Å². The molecule has 4 aliphatic rings. The lowest BCUT2D eigenvalue weighted by molar-refractivity contribution is -0.159. The van der Waals surface area contributed by atoms with Crippen LogP contribution in [0, 0.1) is 28.6 Å². The molecule has 0 aromatic carbocycles. The molecule has 0 aromatic rings. The zero-order chi connectivity index (χ0) is 17.3. The summed E-state index contributed by atoms with van der Waals surface area (Å²) in [7, 11) is 0. The van der Waals surface area contributed by atoms with Crippen molar-refractivity contribution in [1.82, 2.24) is 0 Å². The number of carbonyl (C=O) groups excluding carboxylic acids is 1. The van der Waals surface area contributed by atoms with Crippen LogP contribution >= 0.6 is 0 Å². The molecule has 3 heteroatoms. The maximum atomic E-state index is 12.2. The molecule has 0 radical (unpaired) electrons. The lowest BCUT2D eigenvalue weighted by atomic mass is 9.47. The summed E-state index contributed by atoms with van der Waals surface area (Å²) < 4.78 is 0. The van der Waals surface area contributed by atoms with E-state index in [1.54, 1.807) is 6.92 Å². The second kappa shape index (κ2) is 5.17. The molecular formula is C21H32O3. The first-order valence-corrected chi connectivity index (χ1v) is 9.83. The van der Waals surface area contributed by atoms with E-state index in [1.165, 1.54) is 5.57 Å². The van der Waals surface area contributed by atoms with Gasteiger partial charge in [0.15, 0.2) is 5.78 Å². The summed E-state index contributed by atoms with van der Waals surface area (Å²) in [4.78, 5) is 12.2. The molecule has 0 saturated heterocycles. The van der Waals surface area contributed by atoms with Gasteiger partial charge in [0.25, 0.3) is 0 Å². The molecule has 3 fully saturated rings. The highest BCUT2D eigenvalue weighted by Crippen LogP contribution is 2.67. The molecule has 0 amide bonds. The van der Waals surface area contributed by atoms with Crippen molar-refractivity contribution in [3.05, 3.63) is 11.6 Å². The van der Waals surface area contributed by atoms with E-state index in [-0.39, 0.29) is 22.7 Å². The number of aliphatic hydroxyl groups is 2. The number of ketones is 1. The Morgan fingerprint density at radius 2 is 1.83 bits per heavy atom. The highest BCUT2D eigenvalue weighted by Gasteiger charge is 2.65. The smallest absolute Gasteiger partial charge is 0.161 e. The van der Waals surface area contributed by atoms with E-state index in [2.05, 4.69) is 19.9 Å². The third kappa shape index (κ3) is 1.94. The first-order chi connectivity index (χ1) is 11.2. The topological polar surface area (TPSA) is 57.5 Å². The van der Waals surface area contributed by atoms with E-state index in [4.69, 9.17) is 0 Å². The van der Waals surface area contributed by atoms with Crippen molar-refractivity contribution in [2.75, 3.05) is 0 Å². The van der Waals surface area contributed by atoms with E-state index in [0.717, 1.165) is 44.9 Å². The van der Waals surface area contributed by atoms with Gasteiger partial charge in [-0.15, -0.1) is 0 Å². The second-order valence-corrected chi connectivity index (χ2v) is 9.57. The Labute approximate surface area is 145 Å². The molecule has 4 rings (SSSR count). The van der Waals surface area contributed by atoms with E-state index < -0.39 is 5.60 Å². The standard InChI is InChI=1S/C21H32O3/c1-13(22)21(24)11-8-18-16-5-4-14-12-15(23)6-9-19(14,2)17(16)7-10-20(18,21)3/h4,15-18,23-24H,5-12H2,1-3H3/t15-,16+,17-,18-,19-,20-,21-/m0/s1. The third-order valence-corrected chi connectivity index (χ3v) is 8.81. The van der Waals surface area contributed by atoms with Crippen LogP contribution in [0.5, 0.6) is 0 Å². The lowest BCUT2D eigenvalue weighted by Crippen LogP contribution is -2.56. The number of aliphatic hydroxyl groups excluding tert-OH is 1. The van der Waals surface area contributed by atoms with Crippen molar-refractivity contribution in [3.8, 4) is 0 Å². The Morgan fingerprint density at radius 1 is 1.12 bits per heavy atom. The van der Waals surface area contributed by atoms with Crippen molar-refractivity contribution in [2.24, 2.45) is 28.6 Å². The van der Waals surface area contributed by atoms with Gasteiger partial charge in [0.2, 0.25) is 0 Å². The third-order valence-electron chi connectivity index (χ3n) is 8.81. The minimum absolute atomic E-state index is 0.0370. The van der Waals surface area contributed by atoms with Gasteiger partial charge in [0, 0.05) is 5.41 Å². The van der Waals surface area contributed by atoms with E-state index in [1.807, 2.05) is 0 Å². The number of fused-ring (bicyclic) bond motifs is 5. The van der Waals surface area contributed by atoms with Gasteiger partial charge in [-0.3, -0.25) is 4.79 Å².